The number of hydrogen-bond acceptors (Lipinski definition) is 6. The van der Waals surface area contributed by atoms with Crippen molar-refractivity contribution in [2.45, 2.75) is 13.5 Å². The molecular weight excluding hydrogens is 296 g/mol. The summed E-state index contributed by atoms with van der Waals surface area (Å²) in [5.74, 6) is 1.62. The van der Waals surface area contributed by atoms with Crippen LogP contribution in [-0.4, -0.2) is 26.6 Å². The van der Waals surface area contributed by atoms with Crippen molar-refractivity contribution in [1.82, 2.24) is 19.6 Å². The topological polar surface area (TPSA) is 72.3 Å². The van der Waals surface area contributed by atoms with Gasteiger partial charge in [-0.15, -0.1) is 16.4 Å². The zero-order valence-corrected chi connectivity index (χ0v) is 12.6. The van der Waals surface area contributed by atoms with Crippen molar-refractivity contribution in [3.05, 3.63) is 33.1 Å². The molecule has 3 rings (SSSR count). The van der Waals surface area contributed by atoms with Crippen LogP contribution in [0.15, 0.2) is 18.2 Å². The summed E-state index contributed by atoms with van der Waals surface area (Å²) in [5.41, 5.74) is 6.52. The lowest BCUT2D eigenvalue weighted by Gasteiger charge is -2.19. The molecule has 0 radical (unpaired) electrons. The molecular formula is C12H13ClN6S. The summed E-state index contributed by atoms with van der Waals surface area (Å²) in [5, 5.41) is 4.18. The van der Waals surface area contributed by atoms with Crippen LogP contribution < -0.4 is 10.6 Å². The van der Waals surface area contributed by atoms with Crippen LogP contribution in [-0.2, 0) is 6.54 Å². The minimum atomic E-state index is 0.219. The van der Waals surface area contributed by atoms with Crippen LogP contribution in [0, 0.1) is 6.92 Å². The predicted octanol–water partition coefficient (Wildman–Crippen LogP) is 2.37. The molecule has 3 aromatic heterocycles. The Labute approximate surface area is 124 Å². The maximum absolute atomic E-state index is 5.96. The van der Waals surface area contributed by atoms with Gasteiger partial charge in [0.15, 0.2) is 0 Å². The Morgan fingerprint density at radius 1 is 1.40 bits per heavy atom. The molecule has 0 fully saturated rings. The van der Waals surface area contributed by atoms with E-state index in [0.717, 1.165) is 22.4 Å². The summed E-state index contributed by atoms with van der Waals surface area (Å²) in [7, 11) is 1.99. The minimum Gasteiger partial charge on any atom is -0.366 e. The third-order valence-electron chi connectivity index (χ3n) is 2.85. The van der Waals surface area contributed by atoms with Crippen LogP contribution in [0.3, 0.4) is 0 Å². The molecule has 2 N–H and O–H groups in total. The first-order valence-electron chi connectivity index (χ1n) is 5.98. The van der Waals surface area contributed by atoms with Gasteiger partial charge in [0.05, 0.1) is 10.9 Å². The molecule has 3 aromatic rings. The summed E-state index contributed by atoms with van der Waals surface area (Å²) >= 11 is 7.52. The molecule has 0 aliphatic carbocycles. The molecule has 0 amide bonds. The van der Waals surface area contributed by atoms with Crippen LogP contribution in [0.1, 0.15) is 10.6 Å². The number of aryl methyl sites for hydroxylation is 1. The average Bonchev–Trinajstić information content (AvgIpc) is 2.93. The molecule has 0 aliphatic rings. The highest BCUT2D eigenvalue weighted by atomic mass is 35.5. The summed E-state index contributed by atoms with van der Waals surface area (Å²) < 4.78 is 2.44. The molecule has 0 saturated carbocycles. The van der Waals surface area contributed by atoms with Crippen LogP contribution in [0.4, 0.5) is 11.8 Å². The van der Waals surface area contributed by atoms with E-state index in [9.17, 15) is 0 Å². The zero-order valence-electron chi connectivity index (χ0n) is 11.0. The van der Waals surface area contributed by atoms with E-state index in [2.05, 4.69) is 20.0 Å². The Hall–Kier alpha value is -1.86. The third kappa shape index (κ3) is 2.41. The van der Waals surface area contributed by atoms with Gasteiger partial charge in [0.2, 0.25) is 5.95 Å². The number of rotatable bonds is 3. The predicted molar refractivity (Wildman–Crippen MR) is 81.4 cm³/mol. The van der Waals surface area contributed by atoms with E-state index in [4.69, 9.17) is 17.3 Å². The largest absolute Gasteiger partial charge is 0.366 e. The number of nitrogen functional groups attached to an aromatic ring is 1. The van der Waals surface area contributed by atoms with Gasteiger partial charge in [-0.3, -0.25) is 0 Å². The lowest BCUT2D eigenvalue weighted by atomic mass is 10.4. The van der Waals surface area contributed by atoms with Crippen LogP contribution in [0.2, 0.25) is 4.34 Å². The molecule has 0 spiro atoms. The number of aromatic nitrogens is 4. The Morgan fingerprint density at radius 3 is 2.90 bits per heavy atom. The van der Waals surface area contributed by atoms with Gasteiger partial charge in [-0.25, -0.2) is 4.98 Å². The first-order valence-corrected chi connectivity index (χ1v) is 7.17. The first-order chi connectivity index (χ1) is 9.52. The highest BCUT2D eigenvalue weighted by Gasteiger charge is 2.12. The second-order valence-corrected chi connectivity index (χ2v) is 6.30. The number of fused-ring (bicyclic) bond motifs is 1. The highest BCUT2D eigenvalue weighted by molar-refractivity contribution is 7.16. The molecule has 6 nitrogen and oxygen atoms in total. The summed E-state index contributed by atoms with van der Waals surface area (Å²) in [6.45, 7) is 2.65. The van der Waals surface area contributed by atoms with E-state index in [1.165, 1.54) is 4.88 Å². The van der Waals surface area contributed by atoms with Crippen molar-refractivity contribution in [3.8, 4) is 0 Å². The van der Waals surface area contributed by atoms with Crippen molar-refractivity contribution < 1.29 is 0 Å². The third-order valence-corrected chi connectivity index (χ3v) is 4.07. The fraction of sp³-hybridized carbons (Fsp3) is 0.250. The highest BCUT2D eigenvalue weighted by Crippen LogP contribution is 2.24. The zero-order chi connectivity index (χ0) is 14.3. The first kappa shape index (κ1) is 13.1. The van der Waals surface area contributed by atoms with E-state index < -0.39 is 0 Å². The Kier molecular flexibility index (Phi) is 3.23. The number of halogens is 1. The molecule has 8 heteroatoms. The Morgan fingerprint density at radius 2 is 2.20 bits per heavy atom. The molecule has 0 aromatic carbocycles. The van der Waals surface area contributed by atoms with Gasteiger partial charge in [0.1, 0.15) is 5.82 Å². The quantitative estimate of drug-likeness (QED) is 0.804. The van der Waals surface area contributed by atoms with Crippen molar-refractivity contribution in [3.63, 3.8) is 0 Å². The average molecular weight is 309 g/mol. The van der Waals surface area contributed by atoms with E-state index in [-0.39, 0.29) is 5.95 Å². The van der Waals surface area contributed by atoms with Crippen molar-refractivity contribution in [1.29, 1.82) is 0 Å². The summed E-state index contributed by atoms with van der Waals surface area (Å²) in [6, 6.07) is 5.87. The Balaban J connectivity index is 1.99. The van der Waals surface area contributed by atoms with Crippen LogP contribution >= 0.6 is 22.9 Å². The van der Waals surface area contributed by atoms with Crippen LogP contribution in [0.5, 0.6) is 0 Å². The van der Waals surface area contributed by atoms with Gasteiger partial charge >= 0.3 is 0 Å². The number of hydrogen-bond donors (Lipinski definition) is 1. The van der Waals surface area contributed by atoms with Gasteiger partial charge in [-0.2, -0.15) is 9.50 Å². The molecule has 3 heterocycles. The summed E-state index contributed by atoms with van der Waals surface area (Å²) in [4.78, 5) is 11.7. The van der Waals surface area contributed by atoms with Gasteiger partial charge in [0.25, 0.3) is 5.78 Å². The SMILES string of the molecule is Cc1cc(N(C)Cc2ccc(Cl)s2)n2nc(N)nc2n1. The lowest BCUT2D eigenvalue weighted by Crippen LogP contribution is -2.19. The maximum atomic E-state index is 5.96. The van der Waals surface area contributed by atoms with Gasteiger partial charge < -0.3 is 10.6 Å². The second-order valence-electron chi connectivity index (χ2n) is 4.50. The summed E-state index contributed by atoms with van der Waals surface area (Å²) in [6.07, 6.45) is 0. The van der Waals surface area contributed by atoms with Crippen molar-refractivity contribution >= 4 is 40.5 Å². The molecule has 20 heavy (non-hydrogen) atoms. The number of nitrogens with zero attached hydrogens (tertiary/aromatic N) is 5. The van der Waals surface area contributed by atoms with Gasteiger partial charge in [0, 0.05) is 23.7 Å². The number of anilines is 2. The molecule has 0 saturated heterocycles. The molecule has 0 atom stereocenters. The van der Waals surface area contributed by atoms with Gasteiger partial charge in [-0.1, -0.05) is 11.6 Å². The monoisotopic (exact) mass is 308 g/mol. The standard InChI is InChI=1S/C12H13ClN6S/c1-7-5-10(19-12(15-7)16-11(14)17-19)18(2)6-8-3-4-9(13)20-8/h3-5H,6H2,1-2H3,(H2,14,17). The van der Waals surface area contributed by atoms with E-state index >= 15 is 0 Å². The molecule has 0 bridgehead atoms. The fourth-order valence-corrected chi connectivity index (χ4v) is 3.15. The normalized spacial score (nSPS) is 11.2. The van der Waals surface area contributed by atoms with Crippen LogP contribution in [0.25, 0.3) is 5.78 Å². The Bertz CT molecular complexity index is 764. The van der Waals surface area contributed by atoms with E-state index in [1.807, 2.05) is 32.2 Å². The van der Waals surface area contributed by atoms with Crippen molar-refractivity contribution in [2.24, 2.45) is 0 Å². The van der Waals surface area contributed by atoms with E-state index in [1.54, 1.807) is 15.9 Å². The van der Waals surface area contributed by atoms with E-state index in [0.29, 0.717) is 5.78 Å². The minimum absolute atomic E-state index is 0.219. The molecule has 104 valence electrons. The van der Waals surface area contributed by atoms with Crippen molar-refractivity contribution in [2.75, 3.05) is 17.7 Å². The molecule has 0 unspecified atom stereocenters. The number of thiophene rings is 1. The fourth-order valence-electron chi connectivity index (χ4n) is 2.01. The smallest absolute Gasteiger partial charge is 0.256 e. The lowest BCUT2D eigenvalue weighted by molar-refractivity contribution is 0.836. The van der Waals surface area contributed by atoms with Gasteiger partial charge in [-0.05, 0) is 19.1 Å². The molecule has 0 aliphatic heterocycles. The maximum Gasteiger partial charge on any atom is 0.256 e. The number of nitrogens with two attached hydrogens (primary N) is 1. The second kappa shape index (κ2) is 4.92.